The molecule has 0 fully saturated rings. The monoisotopic (exact) mass is 368 g/mol. The maximum Gasteiger partial charge on any atom is 0.265 e. The van der Waals surface area contributed by atoms with Gasteiger partial charge in [0, 0.05) is 6.04 Å². The fourth-order valence-corrected chi connectivity index (χ4v) is 2.62. The highest BCUT2D eigenvalue weighted by atomic mass is 16.5. The average molecular weight is 368 g/mol. The number of nitrogens with one attached hydrogen (secondary N) is 2. The molecule has 0 aliphatic rings. The predicted molar refractivity (Wildman–Crippen MR) is 108 cm³/mol. The Morgan fingerprint density at radius 3 is 2.37 bits per heavy atom. The van der Waals surface area contributed by atoms with Gasteiger partial charge in [-0.25, -0.2) is 0 Å². The number of carbonyl (C=O) groups is 2. The Morgan fingerprint density at radius 2 is 1.74 bits per heavy atom. The van der Waals surface area contributed by atoms with Crippen LogP contribution in [0.2, 0.25) is 0 Å². The van der Waals surface area contributed by atoms with E-state index in [9.17, 15) is 9.59 Å². The van der Waals surface area contributed by atoms with Crippen LogP contribution in [-0.4, -0.2) is 24.0 Å². The Kier molecular flexibility index (Phi) is 6.99. The van der Waals surface area contributed by atoms with E-state index in [1.54, 1.807) is 24.3 Å². The van der Waals surface area contributed by atoms with E-state index in [1.165, 1.54) is 5.56 Å². The van der Waals surface area contributed by atoms with Gasteiger partial charge in [0.2, 0.25) is 0 Å². The van der Waals surface area contributed by atoms with Crippen LogP contribution in [0.4, 0.5) is 5.69 Å². The molecule has 0 saturated heterocycles. The molecule has 2 amide bonds. The van der Waals surface area contributed by atoms with Gasteiger partial charge in [0.05, 0.1) is 11.3 Å². The number of hydrogen-bond donors (Lipinski definition) is 2. The topological polar surface area (TPSA) is 67.4 Å². The Morgan fingerprint density at radius 1 is 1.04 bits per heavy atom. The van der Waals surface area contributed by atoms with E-state index in [1.807, 2.05) is 52.8 Å². The van der Waals surface area contributed by atoms with Crippen molar-refractivity contribution in [2.45, 2.75) is 53.2 Å². The van der Waals surface area contributed by atoms with Gasteiger partial charge >= 0.3 is 0 Å². The molecule has 2 rings (SSSR count). The number of para-hydroxylation sites is 1. The van der Waals surface area contributed by atoms with Gasteiger partial charge in [-0.2, -0.15) is 0 Å². The van der Waals surface area contributed by atoms with E-state index in [0.717, 1.165) is 5.56 Å². The van der Waals surface area contributed by atoms with Gasteiger partial charge in [-0.3, -0.25) is 9.59 Å². The molecule has 5 heteroatoms. The molecule has 0 radical (unpaired) electrons. The minimum atomic E-state index is -0.645. The fourth-order valence-electron chi connectivity index (χ4n) is 2.62. The zero-order valence-electron chi connectivity index (χ0n) is 16.6. The summed E-state index contributed by atoms with van der Waals surface area (Å²) in [4.78, 5) is 25.1. The standard InChI is InChI=1S/C22H28N2O3/c1-6-20(27-17-12-11-15(4)16(5)13-17)22(26)24-19-10-8-7-9-18(19)21(25)23-14(2)3/h7-14,20H,6H2,1-5H3,(H,23,25)(H,24,26). The predicted octanol–water partition coefficient (Wildman–Crippen LogP) is 4.24. The third-order valence-corrected chi connectivity index (χ3v) is 4.27. The van der Waals surface area contributed by atoms with Gasteiger partial charge in [-0.1, -0.05) is 25.1 Å². The van der Waals surface area contributed by atoms with E-state index >= 15 is 0 Å². The number of hydrogen-bond acceptors (Lipinski definition) is 3. The van der Waals surface area contributed by atoms with Crippen LogP contribution in [0.3, 0.4) is 0 Å². The Labute approximate surface area is 161 Å². The molecule has 2 N–H and O–H groups in total. The highest BCUT2D eigenvalue weighted by molar-refractivity contribution is 6.04. The van der Waals surface area contributed by atoms with Crippen LogP contribution in [0.1, 0.15) is 48.7 Å². The maximum absolute atomic E-state index is 12.7. The van der Waals surface area contributed by atoms with E-state index in [-0.39, 0.29) is 17.9 Å². The lowest BCUT2D eigenvalue weighted by Gasteiger charge is -2.19. The number of carbonyl (C=O) groups excluding carboxylic acids is 2. The van der Waals surface area contributed by atoms with Crippen molar-refractivity contribution in [3.63, 3.8) is 0 Å². The molecule has 0 aliphatic carbocycles. The third-order valence-electron chi connectivity index (χ3n) is 4.27. The Hall–Kier alpha value is -2.82. The number of aryl methyl sites for hydroxylation is 2. The van der Waals surface area contributed by atoms with Crippen LogP contribution < -0.4 is 15.4 Å². The Bertz CT molecular complexity index is 815. The van der Waals surface area contributed by atoms with Crippen molar-refractivity contribution in [3.05, 3.63) is 59.2 Å². The molecule has 0 heterocycles. The largest absolute Gasteiger partial charge is 0.481 e. The molecular formula is C22H28N2O3. The van der Waals surface area contributed by atoms with Gasteiger partial charge in [0.15, 0.2) is 6.10 Å². The van der Waals surface area contributed by atoms with E-state index < -0.39 is 6.10 Å². The van der Waals surface area contributed by atoms with Crippen LogP contribution >= 0.6 is 0 Å². The summed E-state index contributed by atoms with van der Waals surface area (Å²) in [6, 6.07) is 12.7. The lowest BCUT2D eigenvalue weighted by atomic mass is 10.1. The molecule has 0 saturated carbocycles. The van der Waals surface area contributed by atoms with Crippen molar-refractivity contribution in [2.75, 3.05) is 5.32 Å². The molecule has 0 bridgehead atoms. The van der Waals surface area contributed by atoms with Gasteiger partial charge in [0.25, 0.3) is 11.8 Å². The first-order valence-electron chi connectivity index (χ1n) is 9.26. The molecular weight excluding hydrogens is 340 g/mol. The van der Waals surface area contributed by atoms with E-state index in [4.69, 9.17) is 4.74 Å². The maximum atomic E-state index is 12.7. The van der Waals surface area contributed by atoms with Gasteiger partial charge in [-0.15, -0.1) is 0 Å². The molecule has 0 aromatic heterocycles. The summed E-state index contributed by atoms with van der Waals surface area (Å²) in [6.45, 7) is 9.71. The number of ether oxygens (including phenoxy) is 1. The third kappa shape index (κ3) is 5.58. The molecule has 1 unspecified atom stereocenters. The fraction of sp³-hybridized carbons (Fsp3) is 0.364. The van der Waals surface area contributed by atoms with Gasteiger partial charge in [-0.05, 0) is 69.5 Å². The summed E-state index contributed by atoms with van der Waals surface area (Å²) in [7, 11) is 0. The minimum Gasteiger partial charge on any atom is -0.481 e. The highest BCUT2D eigenvalue weighted by Gasteiger charge is 2.21. The Balaban J connectivity index is 2.15. The summed E-state index contributed by atoms with van der Waals surface area (Å²) in [5, 5.41) is 5.68. The first kappa shape index (κ1) is 20.5. The van der Waals surface area contributed by atoms with Crippen molar-refractivity contribution in [1.29, 1.82) is 0 Å². The average Bonchev–Trinajstić information content (AvgIpc) is 2.62. The van der Waals surface area contributed by atoms with Crippen molar-refractivity contribution in [3.8, 4) is 5.75 Å². The van der Waals surface area contributed by atoms with Gasteiger partial charge in [0.1, 0.15) is 5.75 Å². The van der Waals surface area contributed by atoms with Gasteiger partial charge < -0.3 is 15.4 Å². The lowest BCUT2D eigenvalue weighted by Crippen LogP contribution is -2.34. The van der Waals surface area contributed by atoms with E-state index in [2.05, 4.69) is 10.6 Å². The first-order chi connectivity index (χ1) is 12.8. The molecule has 1 atom stereocenters. The normalized spacial score (nSPS) is 11.8. The quantitative estimate of drug-likeness (QED) is 0.768. The second-order valence-corrected chi connectivity index (χ2v) is 6.92. The molecule has 0 spiro atoms. The van der Waals surface area contributed by atoms with Crippen molar-refractivity contribution >= 4 is 17.5 Å². The van der Waals surface area contributed by atoms with Crippen molar-refractivity contribution < 1.29 is 14.3 Å². The summed E-state index contributed by atoms with van der Waals surface area (Å²) in [6.07, 6.45) is -0.132. The summed E-state index contributed by atoms with van der Waals surface area (Å²) < 4.78 is 5.89. The molecule has 27 heavy (non-hydrogen) atoms. The zero-order valence-corrected chi connectivity index (χ0v) is 16.6. The zero-order chi connectivity index (χ0) is 20.0. The second-order valence-electron chi connectivity index (χ2n) is 6.92. The molecule has 2 aromatic rings. The van der Waals surface area contributed by atoms with E-state index in [0.29, 0.717) is 23.4 Å². The van der Waals surface area contributed by atoms with Crippen LogP contribution in [-0.2, 0) is 4.79 Å². The SMILES string of the molecule is CCC(Oc1ccc(C)c(C)c1)C(=O)Nc1ccccc1C(=O)NC(C)C. The van der Waals surface area contributed by atoms with Crippen LogP contribution in [0.5, 0.6) is 5.75 Å². The summed E-state index contributed by atoms with van der Waals surface area (Å²) in [5.74, 6) is 0.162. The first-order valence-corrected chi connectivity index (χ1v) is 9.26. The van der Waals surface area contributed by atoms with Crippen molar-refractivity contribution in [1.82, 2.24) is 5.32 Å². The van der Waals surface area contributed by atoms with Crippen LogP contribution in [0, 0.1) is 13.8 Å². The highest BCUT2D eigenvalue weighted by Crippen LogP contribution is 2.20. The van der Waals surface area contributed by atoms with Crippen molar-refractivity contribution in [2.24, 2.45) is 0 Å². The number of amides is 2. The summed E-state index contributed by atoms with van der Waals surface area (Å²) in [5.41, 5.74) is 3.19. The molecule has 2 aromatic carbocycles. The second kappa shape index (κ2) is 9.21. The van der Waals surface area contributed by atoms with Crippen LogP contribution in [0.25, 0.3) is 0 Å². The summed E-state index contributed by atoms with van der Waals surface area (Å²) >= 11 is 0. The molecule has 5 nitrogen and oxygen atoms in total. The molecule has 0 aliphatic heterocycles. The smallest absolute Gasteiger partial charge is 0.265 e. The van der Waals surface area contributed by atoms with Crippen LogP contribution in [0.15, 0.2) is 42.5 Å². The number of rotatable bonds is 7. The molecule has 144 valence electrons. The number of benzene rings is 2. The lowest BCUT2D eigenvalue weighted by molar-refractivity contribution is -0.122. The number of anilines is 1. The minimum absolute atomic E-state index is 0.0118.